The van der Waals surface area contributed by atoms with Gasteiger partial charge in [0.15, 0.2) is 0 Å². The van der Waals surface area contributed by atoms with Crippen molar-refractivity contribution in [3.05, 3.63) is 17.5 Å². The third-order valence-electron chi connectivity index (χ3n) is 2.68. The Morgan fingerprint density at radius 1 is 1.54 bits per heavy atom. The van der Waals surface area contributed by atoms with Gasteiger partial charge < -0.3 is 9.84 Å². The number of hydrogen-bond donors (Lipinski definition) is 1. The van der Waals surface area contributed by atoms with Crippen LogP contribution in [0.2, 0.25) is 0 Å². The van der Waals surface area contributed by atoms with Gasteiger partial charge in [0.05, 0.1) is 5.69 Å². The fourth-order valence-corrected chi connectivity index (χ4v) is 1.81. The zero-order valence-corrected chi connectivity index (χ0v) is 8.05. The molecular weight excluding hydrogens is 164 g/mol. The Kier molecular flexibility index (Phi) is 2.64. The van der Waals surface area contributed by atoms with Crippen molar-refractivity contribution in [3.8, 4) is 0 Å². The molecule has 0 aromatic carbocycles. The van der Waals surface area contributed by atoms with Crippen LogP contribution in [0, 0.1) is 0 Å². The van der Waals surface area contributed by atoms with E-state index in [0.29, 0.717) is 5.92 Å². The Morgan fingerprint density at radius 3 is 2.92 bits per heavy atom. The monoisotopic (exact) mass is 180 g/mol. The Hall–Kier alpha value is -0.830. The second-order valence-electron chi connectivity index (χ2n) is 3.60. The summed E-state index contributed by atoms with van der Waals surface area (Å²) in [6.45, 7) is 4.31. The van der Waals surface area contributed by atoms with E-state index in [1.807, 2.05) is 0 Å². The van der Waals surface area contributed by atoms with E-state index in [2.05, 4.69) is 23.5 Å². The fourth-order valence-electron chi connectivity index (χ4n) is 1.81. The first-order valence-electron chi connectivity index (χ1n) is 5.06. The van der Waals surface area contributed by atoms with Gasteiger partial charge >= 0.3 is 0 Å². The fraction of sp³-hybridized carbons (Fsp3) is 0.700. The van der Waals surface area contributed by atoms with E-state index in [4.69, 9.17) is 4.52 Å². The van der Waals surface area contributed by atoms with Gasteiger partial charge in [-0.2, -0.15) is 0 Å². The SMILES string of the molecule is CCc1cc(C2CCNCC2)no1. The molecule has 13 heavy (non-hydrogen) atoms. The summed E-state index contributed by atoms with van der Waals surface area (Å²) in [4.78, 5) is 0. The van der Waals surface area contributed by atoms with Gasteiger partial charge in [0.2, 0.25) is 0 Å². The molecule has 1 N–H and O–H groups in total. The lowest BCUT2D eigenvalue weighted by atomic mass is 9.94. The van der Waals surface area contributed by atoms with Crippen molar-refractivity contribution in [2.75, 3.05) is 13.1 Å². The van der Waals surface area contributed by atoms with Crippen LogP contribution in [0.3, 0.4) is 0 Å². The van der Waals surface area contributed by atoms with Crippen LogP contribution >= 0.6 is 0 Å². The molecule has 3 nitrogen and oxygen atoms in total. The Morgan fingerprint density at radius 2 is 2.31 bits per heavy atom. The first-order valence-corrected chi connectivity index (χ1v) is 5.06. The van der Waals surface area contributed by atoms with E-state index in [0.717, 1.165) is 31.0 Å². The number of piperidine rings is 1. The van der Waals surface area contributed by atoms with Gasteiger partial charge in [-0.3, -0.25) is 0 Å². The topological polar surface area (TPSA) is 38.1 Å². The van der Waals surface area contributed by atoms with Gasteiger partial charge in [0.1, 0.15) is 5.76 Å². The van der Waals surface area contributed by atoms with Crippen LogP contribution in [0.15, 0.2) is 10.6 Å². The number of aryl methyl sites for hydroxylation is 1. The lowest BCUT2D eigenvalue weighted by molar-refractivity contribution is 0.364. The average Bonchev–Trinajstić information content (AvgIpc) is 2.67. The zero-order valence-electron chi connectivity index (χ0n) is 8.05. The van der Waals surface area contributed by atoms with E-state index in [1.54, 1.807) is 0 Å². The Labute approximate surface area is 78.5 Å². The molecule has 2 rings (SSSR count). The van der Waals surface area contributed by atoms with E-state index in [9.17, 15) is 0 Å². The molecule has 1 saturated heterocycles. The maximum atomic E-state index is 5.20. The van der Waals surface area contributed by atoms with Gasteiger partial charge in [-0.15, -0.1) is 0 Å². The molecule has 0 spiro atoms. The summed E-state index contributed by atoms with van der Waals surface area (Å²) in [5.74, 6) is 1.62. The minimum atomic E-state index is 0.616. The van der Waals surface area contributed by atoms with Crippen LogP contribution in [0.25, 0.3) is 0 Å². The molecule has 0 radical (unpaired) electrons. The second kappa shape index (κ2) is 3.92. The Bertz CT molecular complexity index is 264. The summed E-state index contributed by atoms with van der Waals surface area (Å²) in [6, 6.07) is 2.11. The van der Waals surface area contributed by atoms with Crippen LogP contribution in [-0.4, -0.2) is 18.2 Å². The highest BCUT2D eigenvalue weighted by Gasteiger charge is 2.18. The van der Waals surface area contributed by atoms with Crippen molar-refractivity contribution < 1.29 is 4.52 Å². The standard InChI is InChI=1S/C10H16N2O/c1-2-9-7-10(12-13-9)8-3-5-11-6-4-8/h7-8,11H,2-6H2,1H3. The number of hydrogen-bond acceptors (Lipinski definition) is 3. The highest BCUT2D eigenvalue weighted by Crippen LogP contribution is 2.24. The van der Waals surface area contributed by atoms with Gasteiger partial charge in [-0.25, -0.2) is 0 Å². The van der Waals surface area contributed by atoms with Crippen molar-refractivity contribution in [1.82, 2.24) is 10.5 Å². The van der Waals surface area contributed by atoms with Gasteiger partial charge in [0, 0.05) is 18.4 Å². The molecule has 1 aliphatic rings. The molecule has 0 amide bonds. The molecule has 0 atom stereocenters. The Balaban J connectivity index is 2.05. The average molecular weight is 180 g/mol. The predicted molar refractivity (Wildman–Crippen MR) is 50.7 cm³/mol. The lowest BCUT2D eigenvalue weighted by Crippen LogP contribution is -2.26. The largest absolute Gasteiger partial charge is 0.361 e. The molecule has 0 aliphatic carbocycles. The summed E-state index contributed by atoms with van der Waals surface area (Å²) in [5.41, 5.74) is 1.15. The third kappa shape index (κ3) is 1.91. The molecule has 1 aromatic rings. The van der Waals surface area contributed by atoms with Crippen LogP contribution in [-0.2, 0) is 6.42 Å². The van der Waals surface area contributed by atoms with Gasteiger partial charge in [-0.1, -0.05) is 12.1 Å². The predicted octanol–water partition coefficient (Wildman–Crippen LogP) is 1.70. The van der Waals surface area contributed by atoms with E-state index >= 15 is 0 Å². The molecule has 0 saturated carbocycles. The number of nitrogens with one attached hydrogen (secondary N) is 1. The van der Waals surface area contributed by atoms with Crippen LogP contribution in [0.1, 0.15) is 37.1 Å². The van der Waals surface area contributed by atoms with Crippen molar-refractivity contribution in [3.63, 3.8) is 0 Å². The van der Waals surface area contributed by atoms with Crippen molar-refractivity contribution in [2.45, 2.75) is 32.1 Å². The molecule has 72 valence electrons. The van der Waals surface area contributed by atoms with Crippen LogP contribution in [0.4, 0.5) is 0 Å². The second-order valence-corrected chi connectivity index (χ2v) is 3.60. The third-order valence-corrected chi connectivity index (χ3v) is 2.68. The molecular formula is C10H16N2O. The van der Waals surface area contributed by atoms with Crippen molar-refractivity contribution >= 4 is 0 Å². The molecule has 1 aliphatic heterocycles. The van der Waals surface area contributed by atoms with Gasteiger partial charge in [-0.05, 0) is 25.9 Å². The zero-order chi connectivity index (χ0) is 9.10. The summed E-state index contributed by atoms with van der Waals surface area (Å²) in [6.07, 6.45) is 3.32. The maximum absolute atomic E-state index is 5.20. The quantitative estimate of drug-likeness (QED) is 0.752. The maximum Gasteiger partial charge on any atom is 0.136 e. The molecule has 2 heterocycles. The lowest BCUT2D eigenvalue weighted by Gasteiger charge is -2.19. The highest BCUT2D eigenvalue weighted by molar-refractivity contribution is 5.11. The minimum Gasteiger partial charge on any atom is -0.361 e. The highest BCUT2D eigenvalue weighted by atomic mass is 16.5. The summed E-state index contributed by atoms with van der Waals surface area (Å²) >= 11 is 0. The molecule has 1 fully saturated rings. The van der Waals surface area contributed by atoms with Crippen molar-refractivity contribution in [2.24, 2.45) is 0 Å². The van der Waals surface area contributed by atoms with Crippen molar-refractivity contribution in [1.29, 1.82) is 0 Å². The van der Waals surface area contributed by atoms with Crippen LogP contribution in [0.5, 0.6) is 0 Å². The number of aromatic nitrogens is 1. The summed E-state index contributed by atoms with van der Waals surface area (Å²) in [7, 11) is 0. The summed E-state index contributed by atoms with van der Waals surface area (Å²) < 4.78 is 5.20. The smallest absolute Gasteiger partial charge is 0.136 e. The minimum absolute atomic E-state index is 0.616. The molecule has 1 aromatic heterocycles. The first kappa shape index (κ1) is 8.75. The van der Waals surface area contributed by atoms with Gasteiger partial charge in [0.25, 0.3) is 0 Å². The number of nitrogens with zero attached hydrogens (tertiary/aromatic N) is 1. The van der Waals surface area contributed by atoms with E-state index < -0.39 is 0 Å². The van der Waals surface area contributed by atoms with Crippen LogP contribution < -0.4 is 5.32 Å². The molecule has 0 bridgehead atoms. The van der Waals surface area contributed by atoms with E-state index in [-0.39, 0.29) is 0 Å². The molecule has 0 unspecified atom stereocenters. The normalized spacial score (nSPS) is 19.2. The van der Waals surface area contributed by atoms with E-state index in [1.165, 1.54) is 12.8 Å². The summed E-state index contributed by atoms with van der Waals surface area (Å²) in [5, 5.41) is 7.45. The molecule has 3 heteroatoms. The first-order chi connectivity index (χ1) is 6.40. The number of rotatable bonds is 2.